The van der Waals surface area contributed by atoms with Gasteiger partial charge in [-0.25, -0.2) is 24.9 Å². The molecule has 1 aliphatic carbocycles. The zero-order valence-electron chi connectivity index (χ0n) is 33.7. The average molecular weight is 827 g/mol. The third kappa shape index (κ3) is 5.83. The van der Waals surface area contributed by atoms with Crippen molar-refractivity contribution in [2.45, 2.75) is 12.8 Å². The predicted molar refractivity (Wildman–Crippen MR) is 258 cm³/mol. The zero-order chi connectivity index (χ0) is 41.4. The Morgan fingerprint density at radius 3 is 2.00 bits per heavy atom. The maximum atomic E-state index is 6.38. The van der Waals surface area contributed by atoms with Crippen LogP contribution in [0.2, 0.25) is 0 Å². The summed E-state index contributed by atoms with van der Waals surface area (Å²) in [6.45, 7) is 0. The lowest BCUT2D eigenvalue weighted by atomic mass is 10.0. The van der Waals surface area contributed by atoms with E-state index < -0.39 is 0 Å². The summed E-state index contributed by atoms with van der Waals surface area (Å²) in [7, 11) is 0. The number of rotatable bonds is 6. The first-order chi connectivity index (χ1) is 31.2. The van der Waals surface area contributed by atoms with Crippen molar-refractivity contribution in [2.24, 2.45) is 0 Å². The van der Waals surface area contributed by atoms with Gasteiger partial charge in [0.15, 0.2) is 28.9 Å². The van der Waals surface area contributed by atoms with E-state index in [1.165, 1.54) is 22.0 Å². The van der Waals surface area contributed by atoms with Crippen LogP contribution in [0.5, 0.6) is 0 Å². The van der Waals surface area contributed by atoms with Gasteiger partial charge in [0.05, 0.1) is 11.0 Å². The molecule has 0 N–H and O–H groups in total. The summed E-state index contributed by atoms with van der Waals surface area (Å²) in [4.78, 5) is 26.0. The lowest BCUT2D eigenvalue weighted by Gasteiger charge is -2.14. The number of aromatic nitrogens is 6. The molecular weight excluding hydrogens is 793 g/mol. The van der Waals surface area contributed by atoms with Crippen molar-refractivity contribution in [1.29, 1.82) is 0 Å². The van der Waals surface area contributed by atoms with Crippen molar-refractivity contribution < 1.29 is 4.42 Å². The zero-order valence-corrected chi connectivity index (χ0v) is 34.6. The molecule has 63 heavy (non-hydrogen) atoms. The Morgan fingerprint density at radius 1 is 0.492 bits per heavy atom. The van der Waals surface area contributed by atoms with Crippen molar-refractivity contribution in [3.05, 3.63) is 182 Å². The van der Waals surface area contributed by atoms with E-state index in [9.17, 15) is 0 Å². The fraction of sp³-hybridized carbons (Fsp3) is 0.0364. The van der Waals surface area contributed by atoms with Crippen LogP contribution in [0.25, 0.3) is 127 Å². The van der Waals surface area contributed by atoms with Crippen LogP contribution in [0.1, 0.15) is 12.8 Å². The summed E-state index contributed by atoms with van der Waals surface area (Å²) in [5, 5.41) is 5.63. The minimum atomic E-state index is 0.627. The molecule has 0 unspecified atom stereocenters. The lowest BCUT2D eigenvalue weighted by molar-refractivity contribution is 0.667. The predicted octanol–water partition coefficient (Wildman–Crippen LogP) is 14.6. The number of fused-ring (bicyclic) bond motifs is 9. The Kier molecular flexibility index (Phi) is 8.07. The quantitative estimate of drug-likeness (QED) is 0.166. The average Bonchev–Trinajstić information content (AvgIpc) is 4.03. The molecule has 13 rings (SSSR count). The van der Waals surface area contributed by atoms with Gasteiger partial charge in [-0.1, -0.05) is 140 Å². The summed E-state index contributed by atoms with van der Waals surface area (Å²) >= 11 is 1.75. The highest BCUT2D eigenvalue weighted by atomic mass is 32.1. The maximum Gasteiger partial charge on any atom is 0.180 e. The molecule has 0 atom stereocenters. The lowest BCUT2D eigenvalue weighted by Crippen LogP contribution is -2.01. The Hall–Kier alpha value is -8.07. The minimum Gasteiger partial charge on any atom is -0.452 e. The largest absolute Gasteiger partial charge is 0.452 e. The second kappa shape index (κ2) is 14.3. The molecule has 0 fully saturated rings. The molecule has 5 heterocycles. The second-order valence-corrected chi connectivity index (χ2v) is 17.0. The van der Waals surface area contributed by atoms with Crippen LogP contribution in [0.15, 0.2) is 186 Å². The number of nitrogens with zero attached hydrogens (tertiary/aromatic N) is 6. The van der Waals surface area contributed by atoms with Gasteiger partial charge in [0.1, 0.15) is 16.8 Å². The standard InChI is InChI=1S/C55H34N6OS/c1-4-15-33(16-5-1)49-51-50(40-22-11-13-25-45(40)62-51)57-53(56-49)36-28-30-41-47(32-36)63-46-26-14-23-42(48(41)46)55-59-52(34-17-6-2-7-18-34)58-54(60-55)35-27-29-39-38-21-10-12-24-43(38)61(44(39)31-35)37-19-8-3-9-20-37/h1-8,10-19,21-32H,9,20H2. The van der Waals surface area contributed by atoms with Crippen LogP contribution in [-0.2, 0) is 0 Å². The molecule has 7 nitrogen and oxygen atoms in total. The number of thiophene rings is 1. The third-order valence-corrected chi connectivity index (χ3v) is 13.3. The summed E-state index contributed by atoms with van der Waals surface area (Å²) in [6, 6.07) is 56.7. The van der Waals surface area contributed by atoms with Gasteiger partial charge in [0.25, 0.3) is 0 Å². The molecule has 0 amide bonds. The topological polar surface area (TPSA) is 82.5 Å². The molecule has 12 aromatic rings. The van der Waals surface area contributed by atoms with Gasteiger partial charge in [-0.05, 0) is 55.3 Å². The Bertz CT molecular complexity index is 3860. The van der Waals surface area contributed by atoms with Crippen LogP contribution < -0.4 is 0 Å². The first-order valence-electron chi connectivity index (χ1n) is 21.1. The molecule has 7 aromatic carbocycles. The molecular formula is C55H34N6OS. The van der Waals surface area contributed by atoms with E-state index >= 15 is 0 Å². The Morgan fingerprint density at radius 2 is 1.17 bits per heavy atom. The number of allylic oxidation sites excluding steroid dienone is 4. The van der Waals surface area contributed by atoms with Crippen molar-refractivity contribution in [3.8, 4) is 56.8 Å². The third-order valence-electron chi connectivity index (χ3n) is 12.1. The van der Waals surface area contributed by atoms with Crippen molar-refractivity contribution in [3.63, 3.8) is 0 Å². The molecule has 0 spiro atoms. The highest BCUT2D eigenvalue weighted by molar-refractivity contribution is 7.26. The van der Waals surface area contributed by atoms with E-state index in [-0.39, 0.29) is 0 Å². The fourth-order valence-corrected chi connectivity index (χ4v) is 10.4. The van der Waals surface area contributed by atoms with Crippen LogP contribution >= 0.6 is 11.3 Å². The number of hydrogen-bond donors (Lipinski definition) is 0. The Balaban J connectivity index is 0.982. The molecule has 0 bridgehead atoms. The van der Waals surface area contributed by atoms with Crippen LogP contribution in [0.4, 0.5) is 0 Å². The highest BCUT2D eigenvalue weighted by Gasteiger charge is 2.22. The van der Waals surface area contributed by atoms with Crippen molar-refractivity contribution in [1.82, 2.24) is 29.5 Å². The molecule has 8 heteroatoms. The first kappa shape index (κ1) is 35.7. The highest BCUT2D eigenvalue weighted by Crippen LogP contribution is 2.43. The summed E-state index contributed by atoms with van der Waals surface area (Å²) in [5.41, 5.74) is 11.4. The molecule has 0 aliphatic heterocycles. The van der Waals surface area contributed by atoms with E-state index in [1.807, 2.05) is 54.6 Å². The van der Waals surface area contributed by atoms with Crippen LogP contribution in [0, 0.1) is 0 Å². The van der Waals surface area contributed by atoms with Crippen LogP contribution in [-0.4, -0.2) is 29.5 Å². The second-order valence-electron chi connectivity index (χ2n) is 15.9. The number of benzene rings is 7. The normalized spacial score (nSPS) is 13.0. The van der Waals surface area contributed by atoms with Gasteiger partial charge in [-0.15, -0.1) is 11.3 Å². The van der Waals surface area contributed by atoms with E-state index in [2.05, 4.69) is 132 Å². The molecule has 1 aliphatic rings. The smallest absolute Gasteiger partial charge is 0.180 e. The summed E-state index contributed by atoms with van der Waals surface area (Å²) < 4.78 is 11.1. The summed E-state index contributed by atoms with van der Waals surface area (Å²) in [5.74, 6) is 2.53. The number of hydrogen-bond acceptors (Lipinski definition) is 7. The maximum absolute atomic E-state index is 6.38. The molecule has 0 radical (unpaired) electrons. The molecule has 0 saturated carbocycles. The Labute approximate surface area is 365 Å². The van der Waals surface area contributed by atoms with Gasteiger partial charge < -0.3 is 8.98 Å². The van der Waals surface area contributed by atoms with Gasteiger partial charge in [0.2, 0.25) is 0 Å². The first-order valence-corrected chi connectivity index (χ1v) is 22.0. The number of para-hydroxylation sites is 2. The van der Waals surface area contributed by atoms with Crippen molar-refractivity contribution >= 4 is 81.1 Å². The van der Waals surface area contributed by atoms with E-state index in [1.54, 1.807) is 11.3 Å². The molecule has 5 aromatic heterocycles. The van der Waals surface area contributed by atoms with Crippen molar-refractivity contribution in [2.75, 3.05) is 0 Å². The molecule has 296 valence electrons. The van der Waals surface area contributed by atoms with E-state index in [0.29, 0.717) is 28.9 Å². The number of furan rings is 1. The van der Waals surface area contributed by atoms with Crippen LogP contribution in [0.3, 0.4) is 0 Å². The summed E-state index contributed by atoms with van der Waals surface area (Å²) in [6.07, 6.45) is 8.62. The minimum absolute atomic E-state index is 0.627. The molecule has 0 saturated heterocycles. The van der Waals surface area contributed by atoms with Gasteiger partial charge >= 0.3 is 0 Å². The van der Waals surface area contributed by atoms with E-state index in [4.69, 9.17) is 29.3 Å². The SMILES string of the molecule is C1=CCCC(n2c3ccccc3c3ccc(-c4nc(-c5ccccc5)nc(-c5cccc6sc7cc(-c8nc(-c9ccccc9)c9oc%10ccccc%10c9n8)ccc7c56)n4)cc32)=C1. The monoisotopic (exact) mass is 826 g/mol. The van der Waals surface area contributed by atoms with Gasteiger partial charge in [0, 0.05) is 69.8 Å². The van der Waals surface area contributed by atoms with Gasteiger partial charge in [-0.3, -0.25) is 0 Å². The van der Waals surface area contributed by atoms with E-state index in [0.717, 1.165) is 88.5 Å². The van der Waals surface area contributed by atoms with Gasteiger partial charge in [-0.2, -0.15) is 0 Å². The fourth-order valence-electron chi connectivity index (χ4n) is 9.20.